The summed E-state index contributed by atoms with van der Waals surface area (Å²) in [6.45, 7) is 5.46. The van der Waals surface area contributed by atoms with E-state index in [1.165, 1.54) is 18.7 Å². The van der Waals surface area contributed by atoms with Crippen molar-refractivity contribution in [2.45, 2.75) is 37.3 Å². The Kier molecular flexibility index (Phi) is 8.72. The molecule has 0 aliphatic heterocycles. The Bertz CT molecular complexity index is 887. The highest BCUT2D eigenvalue weighted by molar-refractivity contribution is 9.10. The number of hydrogen-bond acceptors (Lipinski definition) is 4. The maximum atomic E-state index is 12.3. The van der Waals surface area contributed by atoms with Crippen LogP contribution < -0.4 is 16.0 Å². The molecule has 0 heterocycles. The molecule has 2 rings (SSSR count). The quantitative estimate of drug-likeness (QED) is 0.493. The third-order valence-corrected chi connectivity index (χ3v) is 5.59. The van der Waals surface area contributed by atoms with Crippen LogP contribution in [0.2, 0.25) is 0 Å². The first-order valence-corrected chi connectivity index (χ1v) is 10.8. The van der Waals surface area contributed by atoms with E-state index in [1.54, 1.807) is 12.1 Å². The van der Waals surface area contributed by atoms with Crippen LogP contribution in [-0.4, -0.2) is 29.5 Å². The monoisotopic (exact) mass is 477 g/mol. The second-order valence-corrected chi connectivity index (χ2v) is 8.84. The number of benzene rings is 2. The number of nitrogens with one attached hydrogen (secondary N) is 3. The van der Waals surface area contributed by atoms with Crippen LogP contribution in [0.5, 0.6) is 0 Å². The Morgan fingerprint density at radius 3 is 2.41 bits per heavy atom. The van der Waals surface area contributed by atoms with Gasteiger partial charge in [-0.05, 0) is 55.8 Å². The summed E-state index contributed by atoms with van der Waals surface area (Å²) in [4.78, 5) is 36.4. The van der Waals surface area contributed by atoms with E-state index in [2.05, 4.69) is 31.9 Å². The highest BCUT2D eigenvalue weighted by Crippen LogP contribution is 2.25. The van der Waals surface area contributed by atoms with Gasteiger partial charge in [-0.1, -0.05) is 22.0 Å². The molecule has 8 heteroatoms. The van der Waals surface area contributed by atoms with Crippen molar-refractivity contribution < 1.29 is 14.4 Å². The maximum Gasteiger partial charge on any atom is 0.233 e. The van der Waals surface area contributed by atoms with E-state index in [0.29, 0.717) is 5.69 Å². The van der Waals surface area contributed by atoms with Crippen LogP contribution in [0.3, 0.4) is 0 Å². The fourth-order valence-corrected chi connectivity index (χ4v) is 3.72. The minimum absolute atomic E-state index is 0.128. The Morgan fingerprint density at radius 2 is 1.76 bits per heavy atom. The van der Waals surface area contributed by atoms with Gasteiger partial charge in [-0.25, -0.2) is 0 Å². The lowest BCUT2D eigenvalue weighted by Gasteiger charge is -2.13. The molecule has 0 aromatic heterocycles. The molecule has 154 valence electrons. The molecule has 0 aliphatic carbocycles. The van der Waals surface area contributed by atoms with Crippen molar-refractivity contribution in [1.29, 1.82) is 0 Å². The van der Waals surface area contributed by atoms with Crippen molar-refractivity contribution >= 4 is 56.8 Å². The van der Waals surface area contributed by atoms with Gasteiger partial charge in [0.15, 0.2) is 0 Å². The van der Waals surface area contributed by atoms with Crippen LogP contribution in [0.15, 0.2) is 51.8 Å². The predicted molar refractivity (Wildman–Crippen MR) is 121 cm³/mol. The molecule has 0 spiro atoms. The Labute approximate surface area is 183 Å². The number of hydrogen-bond donors (Lipinski definition) is 3. The first-order chi connectivity index (χ1) is 13.7. The predicted octanol–water partition coefficient (Wildman–Crippen LogP) is 4.34. The maximum absolute atomic E-state index is 12.3. The average molecular weight is 478 g/mol. The van der Waals surface area contributed by atoms with Gasteiger partial charge in [0.25, 0.3) is 0 Å². The van der Waals surface area contributed by atoms with Gasteiger partial charge in [0.05, 0.1) is 5.25 Å². The lowest BCUT2D eigenvalue weighted by atomic mass is 10.2. The molecule has 0 bridgehead atoms. The van der Waals surface area contributed by atoms with Gasteiger partial charge in [-0.15, -0.1) is 11.8 Å². The largest absolute Gasteiger partial charge is 0.355 e. The second-order valence-electron chi connectivity index (χ2n) is 6.51. The summed E-state index contributed by atoms with van der Waals surface area (Å²) in [6, 6.07) is 13.0. The lowest BCUT2D eigenvalue weighted by molar-refractivity contribution is -0.120. The van der Waals surface area contributed by atoms with Gasteiger partial charge in [0.1, 0.15) is 0 Å². The van der Waals surface area contributed by atoms with E-state index in [9.17, 15) is 14.4 Å². The lowest BCUT2D eigenvalue weighted by Crippen LogP contribution is -2.33. The SMILES string of the molecule is CC(=O)Nc1ccc(SC(C)C(=O)NCCC(=O)Nc2cc(Br)ccc2C)cc1. The van der Waals surface area contributed by atoms with Crippen LogP contribution >= 0.6 is 27.7 Å². The number of amides is 3. The molecular formula is C21H24BrN3O3S. The Morgan fingerprint density at radius 1 is 1.07 bits per heavy atom. The molecule has 6 nitrogen and oxygen atoms in total. The van der Waals surface area contributed by atoms with Gasteiger partial charge in [0, 0.05) is 40.6 Å². The normalized spacial score (nSPS) is 11.4. The zero-order chi connectivity index (χ0) is 21.4. The van der Waals surface area contributed by atoms with Crippen LogP contribution in [0, 0.1) is 6.92 Å². The molecular weight excluding hydrogens is 454 g/mol. The number of carbonyl (C=O) groups excluding carboxylic acids is 3. The number of thioether (sulfide) groups is 1. The zero-order valence-electron chi connectivity index (χ0n) is 16.5. The molecule has 3 amide bonds. The molecule has 1 atom stereocenters. The first kappa shape index (κ1) is 23.0. The third-order valence-electron chi connectivity index (χ3n) is 3.98. The van der Waals surface area contributed by atoms with Crippen LogP contribution in [0.4, 0.5) is 11.4 Å². The van der Waals surface area contributed by atoms with E-state index < -0.39 is 0 Å². The summed E-state index contributed by atoms with van der Waals surface area (Å²) in [6.07, 6.45) is 0.195. The standard InChI is InChI=1S/C21H24BrN3O3S/c1-13-4-5-16(22)12-19(13)25-20(27)10-11-23-21(28)14(2)29-18-8-6-17(7-9-18)24-15(3)26/h4-9,12,14H,10-11H2,1-3H3,(H,23,28)(H,24,26)(H,25,27). The van der Waals surface area contributed by atoms with E-state index in [-0.39, 0.29) is 35.9 Å². The minimum atomic E-state index is -0.308. The summed E-state index contributed by atoms with van der Waals surface area (Å²) in [5.41, 5.74) is 2.44. The van der Waals surface area contributed by atoms with E-state index in [1.807, 2.05) is 44.2 Å². The average Bonchev–Trinajstić information content (AvgIpc) is 2.65. The van der Waals surface area contributed by atoms with Gasteiger partial charge >= 0.3 is 0 Å². The number of anilines is 2. The number of carbonyl (C=O) groups is 3. The molecule has 29 heavy (non-hydrogen) atoms. The molecule has 0 aliphatic rings. The van der Waals surface area contributed by atoms with E-state index >= 15 is 0 Å². The Balaban J connectivity index is 1.76. The van der Waals surface area contributed by atoms with Crippen LogP contribution in [0.25, 0.3) is 0 Å². The first-order valence-electron chi connectivity index (χ1n) is 9.12. The third kappa shape index (κ3) is 7.91. The van der Waals surface area contributed by atoms with Crippen molar-refractivity contribution in [3.05, 3.63) is 52.5 Å². The summed E-state index contributed by atoms with van der Waals surface area (Å²) >= 11 is 4.80. The fourth-order valence-electron chi connectivity index (χ4n) is 2.46. The second kappa shape index (κ2) is 11.0. The summed E-state index contributed by atoms with van der Waals surface area (Å²) in [7, 11) is 0. The van der Waals surface area contributed by atoms with Crippen molar-refractivity contribution in [2.24, 2.45) is 0 Å². The molecule has 0 radical (unpaired) electrons. The molecule has 0 fully saturated rings. The summed E-state index contributed by atoms with van der Waals surface area (Å²) in [5, 5.41) is 8.05. The zero-order valence-corrected chi connectivity index (χ0v) is 18.9. The topological polar surface area (TPSA) is 87.3 Å². The van der Waals surface area contributed by atoms with Gasteiger partial charge in [0.2, 0.25) is 17.7 Å². The van der Waals surface area contributed by atoms with Crippen LogP contribution in [0.1, 0.15) is 25.8 Å². The number of aryl methyl sites for hydroxylation is 1. The summed E-state index contributed by atoms with van der Waals surface area (Å²) in [5.74, 6) is -0.412. The highest BCUT2D eigenvalue weighted by Gasteiger charge is 2.15. The molecule has 1 unspecified atom stereocenters. The molecule has 2 aromatic rings. The van der Waals surface area contributed by atoms with Crippen LogP contribution in [-0.2, 0) is 14.4 Å². The van der Waals surface area contributed by atoms with Crippen molar-refractivity contribution in [1.82, 2.24) is 5.32 Å². The molecule has 0 saturated carbocycles. The minimum Gasteiger partial charge on any atom is -0.355 e. The molecule has 2 aromatic carbocycles. The number of rotatable bonds is 8. The van der Waals surface area contributed by atoms with Gasteiger partial charge in [-0.3, -0.25) is 14.4 Å². The van der Waals surface area contributed by atoms with E-state index in [4.69, 9.17) is 0 Å². The fraction of sp³-hybridized carbons (Fsp3) is 0.286. The van der Waals surface area contributed by atoms with Gasteiger partial charge in [-0.2, -0.15) is 0 Å². The molecule has 0 saturated heterocycles. The van der Waals surface area contributed by atoms with Crippen molar-refractivity contribution in [3.63, 3.8) is 0 Å². The van der Waals surface area contributed by atoms with E-state index in [0.717, 1.165) is 20.6 Å². The van der Waals surface area contributed by atoms with Crippen molar-refractivity contribution in [2.75, 3.05) is 17.2 Å². The molecule has 3 N–H and O–H groups in total. The Hall–Kier alpha value is -2.32. The summed E-state index contributed by atoms with van der Waals surface area (Å²) < 4.78 is 0.891. The van der Waals surface area contributed by atoms with Gasteiger partial charge < -0.3 is 16.0 Å². The smallest absolute Gasteiger partial charge is 0.233 e. The highest BCUT2D eigenvalue weighted by atomic mass is 79.9. The van der Waals surface area contributed by atoms with Crippen molar-refractivity contribution in [3.8, 4) is 0 Å². The number of halogens is 1.